The quantitative estimate of drug-likeness (QED) is 0.260. The maximum Gasteiger partial charge on any atom is 0.254 e. The van der Waals surface area contributed by atoms with Crippen molar-refractivity contribution in [2.75, 3.05) is 26.7 Å². The highest BCUT2D eigenvalue weighted by Gasteiger charge is 2.72. The number of piperidine rings is 1. The van der Waals surface area contributed by atoms with Crippen LogP contribution in [0.4, 0.5) is 4.39 Å². The van der Waals surface area contributed by atoms with Crippen LogP contribution in [0.25, 0.3) is 28.1 Å². The minimum atomic E-state index is -1.11. The average molecular weight is 654 g/mol. The third-order valence-electron chi connectivity index (χ3n) is 12.0. The second-order valence-corrected chi connectivity index (χ2v) is 15.6. The Morgan fingerprint density at radius 3 is 2.65 bits per heavy atom. The summed E-state index contributed by atoms with van der Waals surface area (Å²) in [5, 5.41) is 7.83. The lowest BCUT2D eigenvalue weighted by Gasteiger charge is -2.64. The first-order valence-corrected chi connectivity index (χ1v) is 17.7. The molecule has 2 amide bonds. The van der Waals surface area contributed by atoms with Crippen LogP contribution in [0, 0.1) is 18.3 Å². The Balaban J connectivity index is 1.05. The van der Waals surface area contributed by atoms with E-state index in [1.807, 2.05) is 41.3 Å². The second-order valence-electron chi connectivity index (χ2n) is 15.6. The van der Waals surface area contributed by atoms with E-state index in [1.54, 1.807) is 7.11 Å². The van der Waals surface area contributed by atoms with E-state index < -0.39 is 11.1 Å². The standard InChI is InChI=1S/C37H44FN7O3/c1-22(40-34(47)35-18-36(38,19-35)20-35)27-9-8-25-14-28(44(32(25)41-27)17-24-6-7-24)31-23(2)45-29(42-31)15-26(16-30(45)48-3)33(46)43-13-11-37(21-43)10-4-5-12-39-37/h8-9,14-16,22,24,39H,4-7,10-13,17-21H2,1-3H3,(H,40,47). The van der Waals surface area contributed by atoms with Gasteiger partial charge in [0.1, 0.15) is 22.7 Å². The van der Waals surface area contributed by atoms with Crippen LogP contribution < -0.4 is 15.4 Å². The number of alkyl halides is 1. The predicted octanol–water partition coefficient (Wildman–Crippen LogP) is 5.51. The minimum Gasteiger partial charge on any atom is -0.482 e. The molecule has 4 saturated carbocycles. The molecule has 2 aliphatic heterocycles. The van der Waals surface area contributed by atoms with E-state index in [0.29, 0.717) is 42.3 Å². The molecule has 2 atom stereocenters. The first-order chi connectivity index (χ1) is 23.1. The summed E-state index contributed by atoms with van der Waals surface area (Å²) in [6, 6.07) is 9.63. The molecule has 4 aliphatic carbocycles. The molecule has 1 spiro atoms. The van der Waals surface area contributed by atoms with Crippen LogP contribution in [0.5, 0.6) is 5.88 Å². The molecule has 2 bridgehead atoms. The monoisotopic (exact) mass is 653 g/mol. The summed E-state index contributed by atoms with van der Waals surface area (Å²) < 4.78 is 24.2. The van der Waals surface area contributed by atoms with E-state index in [9.17, 15) is 14.0 Å². The minimum absolute atomic E-state index is 0.0151. The Morgan fingerprint density at radius 2 is 1.94 bits per heavy atom. The Morgan fingerprint density at radius 1 is 1.12 bits per heavy atom. The maximum absolute atomic E-state index is 14.1. The number of imidazole rings is 1. The van der Waals surface area contributed by atoms with Crippen LogP contribution in [-0.2, 0) is 11.3 Å². The van der Waals surface area contributed by atoms with Gasteiger partial charge in [-0.2, -0.15) is 0 Å². The Bertz CT molecular complexity index is 1970. The summed E-state index contributed by atoms with van der Waals surface area (Å²) in [6.45, 7) is 7.32. The summed E-state index contributed by atoms with van der Waals surface area (Å²) in [7, 11) is 1.64. The molecule has 6 aliphatic rings. The van der Waals surface area contributed by atoms with Gasteiger partial charge in [-0.05, 0) is 102 Å². The van der Waals surface area contributed by atoms with Gasteiger partial charge in [-0.25, -0.2) is 14.4 Å². The van der Waals surface area contributed by atoms with Crippen molar-refractivity contribution in [1.29, 1.82) is 0 Å². The number of rotatable bonds is 8. The Labute approximate surface area is 279 Å². The zero-order valence-corrected chi connectivity index (χ0v) is 28.1. The van der Waals surface area contributed by atoms with Crippen molar-refractivity contribution >= 4 is 28.5 Å². The lowest BCUT2D eigenvalue weighted by atomic mass is 9.42. The van der Waals surface area contributed by atoms with E-state index in [0.717, 1.165) is 72.8 Å². The van der Waals surface area contributed by atoms with Crippen LogP contribution >= 0.6 is 0 Å². The summed E-state index contributed by atoms with van der Waals surface area (Å²) in [4.78, 5) is 39.1. The topological polar surface area (TPSA) is 106 Å². The number of methoxy groups -OCH3 is 1. The second kappa shape index (κ2) is 10.5. The highest BCUT2D eigenvalue weighted by molar-refractivity contribution is 5.96. The van der Waals surface area contributed by atoms with Gasteiger partial charge in [0.15, 0.2) is 5.88 Å². The molecular formula is C37H44FN7O3. The summed E-state index contributed by atoms with van der Waals surface area (Å²) in [6.07, 6.45) is 7.89. The highest BCUT2D eigenvalue weighted by atomic mass is 19.1. The van der Waals surface area contributed by atoms with Gasteiger partial charge < -0.3 is 24.8 Å². The zero-order valence-electron chi connectivity index (χ0n) is 28.1. The number of pyridine rings is 2. The summed E-state index contributed by atoms with van der Waals surface area (Å²) in [5.74, 6) is 1.11. The summed E-state index contributed by atoms with van der Waals surface area (Å²) >= 11 is 0. The molecule has 4 aromatic heterocycles. The normalized spacial score (nSPS) is 28.5. The SMILES string of the molecule is COc1cc(C(=O)N2CCC3(CCCCN3)C2)cc2nc(-c3cc4ccc(C(C)NC(=O)C56CC(F)(C5)C6)nc4n3CC3CC3)c(C)n12. The fraction of sp³-hybridized carbons (Fsp3) is 0.568. The third-order valence-corrected chi connectivity index (χ3v) is 12.0. The molecule has 6 heterocycles. The molecule has 2 saturated heterocycles. The van der Waals surface area contributed by atoms with Crippen LogP contribution in [0.1, 0.15) is 92.5 Å². The van der Waals surface area contributed by atoms with Crippen molar-refractivity contribution in [3.8, 4) is 17.3 Å². The van der Waals surface area contributed by atoms with Crippen molar-refractivity contribution in [1.82, 2.24) is 34.5 Å². The number of hydrogen-bond acceptors (Lipinski definition) is 6. The van der Waals surface area contributed by atoms with Crippen molar-refractivity contribution in [3.63, 3.8) is 0 Å². The molecule has 6 fully saturated rings. The van der Waals surface area contributed by atoms with Crippen LogP contribution in [0.2, 0.25) is 0 Å². The van der Waals surface area contributed by atoms with Gasteiger partial charge >= 0.3 is 0 Å². The molecule has 2 unspecified atom stereocenters. The van der Waals surface area contributed by atoms with Crippen LogP contribution in [0.15, 0.2) is 30.3 Å². The van der Waals surface area contributed by atoms with Gasteiger partial charge in [0.05, 0.1) is 35.6 Å². The molecule has 4 aromatic rings. The van der Waals surface area contributed by atoms with Crippen LogP contribution in [-0.4, -0.2) is 73.6 Å². The maximum atomic E-state index is 14.1. The average Bonchev–Trinajstić information content (AvgIpc) is 3.55. The van der Waals surface area contributed by atoms with E-state index >= 15 is 0 Å². The Hall–Kier alpha value is -3.99. The number of nitrogens with one attached hydrogen (secondary N) is 2. The highest BCUT2D eigenvalue weighted by Crippen LogP contribution is 2.69. The number of carbonyl (C=O) groups is 2. The third kappa shape index (κ3) is 4.67. The van der Waals surface area contributed by atoms with Crippen molar-refractivity contribution in [3.05, 3.63) is 47.3 Å². The van der Waals surface area contributed by atoms with Crippen LogP contribution in [0.3, 0.4) is 0 Å². The van der Waals surface area contributed by atoms with Gasteiger partial charge in [0.2, 0.25) is 5.91 Å². The number of aromatic nitrogens is 4. The largest absolute Gasteiger partial charge is 0.482 e. The van der Waals surface area contributed by atoms with Gasteiger partial charge in [0.25, 0.3) is 5.91 Å². The van der Waals surface area contributed by atoms with Gasteiger partial charge in [0, 0.05) is 42.2 Å². The molecule has 10 rings (SSSR count). The van der Waals surface area contributed by atoms with Gasteiger partial charge in [-0.1, -0.05) is 6.42 Å². The molecular weight excluding hydrogens is 609 g/mol. The lowest BCUT2D eigenvalue weighted by molar-refractivity contribution is -0.214. The number of carbonyl (C=O) groups excluding carboxylic acids is 2. The molecule has 0 radical (unpaired) electrons. The first-order valence-electron chi connectivity index (χ1n) is 17.7. The van der Waals surface area contributed by atoms with Gasteiger partial charge in [-0.3, -0.25) is 14.0 Å². The van der Waals surface area contributed by atoms with Crippen molar-refractivity contribution in [2.45, 2.75) is 95.4 Å². The lowest BCUT2D eigenvalue weighted by Crippen LogP contribution is -2.70. The fourth-order valence-electron chi connectivity index (χ4n) is 9.05. The number of halogens is 1. The molecule has 252 valence electrons. The number of likely N-dealkylation sites (tertiary alicyclic amines) is 1. The molecule has 0 aromatic carbocycles. The predicted molar refractivity (Wildman–Crippen MR) is 180 cm³/mol. The number of hydrogen-bond donors (Lipinski definition) is 2. The molecule has 10 nitrogen and oxygen atoms in total. The van der Waals surface area contributed by atoms with E-state index in [2.05, 4.69) is 27.3 Å². The van der Waals surface area contributed by atoms with Gasteiger partial charge in [-0.15, -0.1) is 0 Å². The number of fused-ring (bicyclic) bond motifs is 2. The molecule has 48 heavy (non-hydrogen) atoms. The smallest absolute Gasteiger partial charge is 0.254 e. The zero-order chi connectivity index (χ0) is 33.0. The van der Waals surface area contributed by atoms with Crippen molar-refractivity contribution in [2.24, 2.45) is 11.3 Å². The van der Waals surface area contributed by atoms with E-state index in [4.69, 9.17) is 14.7 Å². The number of amides is 2. The molecule has 11 heteroatoms. The fourth-order valence-corrected chi connectivity index (χ4v) is 9.05. The van der Waals surface area contributed by atoms with Crippen molar-refractivity contribution < 1.29 is 18.7 Å². The number of aryl methyl sites for hydroxylation is 1. The summed E-state index contributed by atoms with van der Waals surface area (Å²) in [5.41, 5.74) is 4.04. The van der Waals surface area contributed by atoms with E-state index in [-0.39, 0.29) is 23.4 Å². The first kappa shape index (κ1) is 30.1. The molecule has 2 N–H and O–H groups in total. The number of ether oxygens (including phenoxy) is 1. The number of nitrogens with zero attached hydrogens (tertiary/aromatic N) is 5. The Kier molecular flexibility index (Phi) is 6.59. The van der Waals surface area contributed by atoms with E-state index in [1.165, 1.54) is 25.7 Å².